The Bertz CT molecular complexity index is 864. The molecule has 0 unspecified atom stereocenters. The van der Waals surface area contributed by atoms with E-state index in [9.17, 15) is 13.2 Å². The van der Waals surface area contributed by atoms with Gasteiger partial charge >= 0.3 is 6.18 Å². The standard InChI is InChI=1S/C20H26F3N5O2/c1-29-15-4-3-14(17(9-15)30-2)11-27-7-5-13(6-8-27)16-10-18(20(21,22)23)28-19(26-16)24-12-25-28/h3-4,9,12-13,16,18H,5-8,10-11H2,1-2H3,(H,24,25,26)/t16-,18+/m0/s1. The van der Waals surface area contributed by atoms with Gasteiger partial charge in [0, 0.05) is 24.2 Å². The Hall–Kier alpha value is -2.49. The molecule has 1 fully saturated rings. The molecular weight excluding hydrogens is 399 g/mol. The molecule has 3 heterocycles. The van der Waals surface area contributed by atoms with E-state index in [0.717, 1.165) is 54.2 Å². The lowest BCUT2D eigenvalue weighted by atomic mass is 9.85. The fourth-order valence-corrected chi connectivity index (χ4v) is 4.47. The third-order valence-electron chi connectivity index (χ3n) is 6.13. The van der Waals surface area contributed by atoms with Gasteiger partial charge in [-0.2, -0.15) is 23.3 Å². The van der Waals surface area contributed by atoms with Crippen molar-refractivity contribution in [1.29, 1.82) is 0 Å². The molecule has 1 N–H and O–H groups in total. The second-order valence-electron chi connectivity index (χ2n) is 7.86. The second kappa shape index (κ2) is 8.33. The molecule has 0 saturated carbocycles. The van der Waals surface area contributed by atoms with Crippen LogP contribution in [0.25, 0.3) is 0 Å². The molecule has 2 aliphatic heterocycles. The number of hydrogen-bond donors (Lipinski definition) is 1. The molecule has 4 rings (SSSR count). The predicted octanol–water partition coefficient (Wildman–Crippen LogP) is 3.50. The lowest BCUT2D eigenvalue weighted by molar-refractivity contribution is -0.174. The number of ether oxygens (including phenoxy) is 2. The molecular formula is C20H26F3N5O2. The van der Waals surface area contributed by atoms with Crippen LogP contribution in [0, 0.1) is 5.92 Å². The number of fused-ring (bicyclic) bond motifs is 1. The number of halogens is 3. The maximum Gasteiger partial charge on any atom is 0.411 e. The Labute approximate surface area is 173 Å². The Kier molecular flexibility index (Phi) is 5.77. The summed E-state index contributed by atoms with van der Waals surface area (Å²) >= 11 is 0. The van der Waals surface area contributed by atoms with Crippen molar-refractivity contribution < 1.29 is 22.6 Å². The summed E-state index contributed by atoms with van der Waals surface area (Å²) in [4.78, 5) is 6.29. The highest BCUT2D eigenvalue weighted by Gasteiger charge is 2.47. The number of anilines is 1. The SMILES string of the molecule is COc1ccc(CN2CCC([C@@H]3C[C@H](C(F)(F)F)n4ncnc4N3)CC2)c(OC)c1. The number of hydrogen-bond acceptors (Lipinski definition) is 6. The van der Waals surface area contributed by atoms with Gasteiger partial charge in [0.25, 0.3) is 0 Å². The van der Waals surface area contributed by atoms with Crippen molar-refractivity contribution in [2.75, 3.05) is 32.6 Å². The van der Waals surface area contributed by atoms with E-state index in [1.807, 2.05) is 18.2 Å². The van der Waals surface area contributed by atoms with Crippen molar-refractivity contribution in [3.05, 3.63) is 30.1 Å². The first-order chi connectivity index (χ1) is 14.4. The minimum absolute atomic E-state index is 0.0170. The highest BCUT2D eigenvalue weighted by Crippen LogP contribution is 2.41. The quantitative estimate of drug-likeness (QED) is 0.791. The average Bonchev–Trinajstić information content (AvgIpc) is 3.21. The third-order valence-corrected chi connectivity index (χ3v) is 6.13. The molecule has 30 heavy (non-hydrogen) atoms. The molecule has 2 aromatic rings. The van der Waals surface area contributed by atoms with Crippen molar-refractivity contribution in [1.82, 2.24) is 19.7 Å². The summed E-state index contributed by atoms with van der Waals surface area (Å²) < 4.78 is 52.2. The minimum atomic E-state index is -4.34. The Balaban J connectivity index is 1.38. The molecule has 164 valence electrons. The number of benzene rings is 1. The summed E-state index contributed by atoms with van der Waals surface area (Å²) in [6.07, 6.45) is -1.52. The number of alkyl halides is 3. The second-order valence-corrected chi connectivity index (χ2v) is 7.86. The molecule has 1 aromatic heterocycles. The summed E-state index contributed by atoms with van der Waals surface area (Å²) in [7, 11) is 3.25. The molecule has 0 spiro atoms. The average molecular weight is 425 g/mol. The van der Waals surface area contributed by atoms with Gasteiger partial charge in [0.15, 0.2) is 6.04 Å². The van der Waals surface area contributed by atoms with Crippen LogP contribution in [0.5, 0.6) is 11.5 Å². The van der Waals surface area contributed by atoms with Crippen LogP contribution in [0.15, 0.2) is 24.5 Å². The number of aromatic nitrogens is 3. The van der Waals surface area contributed by atoms with E-state index in [1.165, 1.54) is 6.33 Å². The van der Waals surface area contributed by atoms with Crippen LogP contribution >= 0.6 is 0 Å². The number of methoxy groups -OCH3 is 2. The van der Waals surface area contributed by atoms with Crippen molar-refractivity contribution >= 4 is 5.95 Å². The zero-order chi connectivity index (χ0) is 21.3. The van der Waals surface area contributed by atoms with Crippen LogP contribution in [0.2, 0.25) is 0 Å². The molecule has 2 aliphatic rings. The molecule has 1 aromatic carbocycles. The normalized spacial score (nSPS) is 23.0. The lowest BCUT2D eigenvalue weighted by Gasteiger charge is -2.40. The largest absolute Gasteiger partial charge is 0.497 e. The summed E-state index contributed by atoms with van der Waals surface area (Å²) in [6.45, 7) is 2.38. The smallest absolute Gasteiger partial charge is 0.411 e. The third kappa shape index (κ3) is 4.19. The monoisotopic (exact) mass is 425 g/mol. The first-order valence-electron chi connectivity index (χ1n) is 10.0. The van der Waals surface area contributed by atoms with E-state index in [-0.39, 0.29) is 24.3 Å². The van der Waals surface area contributed by atoms with Crippen molar-refractivity contribution in [2.45, 2.75) is 44.1 Å². The molecule has 0 amide bonds. The summed E-state index contributed by atoms with van der Waals surface area (Å²) in [5, 5.41) is 6.95. The highest BCUT2D eigenvalue weighted by atomic mass is 19.4. The maximum absolute atomic E-state index is 13.5. The first-order valence-corrected chi connectivity index (χ1v) is 10.0. The van der Waals surface area contributed by atoms with Crippen LogP contribution in [-0.4, -0.2) is 59.2 Å². The molecule has 1 saturated heterocycles. The molecule has 2 atom stereocenters. The van der Waals surface area contributed by atoms with Gasteiger partial charge in [0.05, 0.1) is 14.2 Å². The fraction of sp³-hybridized carbons (Fsp3) is 0.600. The van der Waals surface area contributed by atoms with Crippen molar-refractivity contribution in [2.24, 2.45) is 5.92 Å². The van der Waals surface area contributed by atoms with Crippen LogP contribution in [-0.2, 0) is 6.54 Å². The first kappa shape index (κ1) is 20.8. The van der Waals surface area contributed by atoms with Gasteiger partial charge in [0.1, 0.15) is 17.8 Å². The summed E-state index contributed by atoms with van der Waals surface area (Å²) in [5.41, 5.74) is 1.07. The van der Waals surface area contributed by atoms with E-state index in [4.69, 9.17) is 9.47 Å². The van der Waals surface area contributed by atoms with E-state index in [1.54, 1.807) is 14.2 Å². The Morgan fingerprint density at radius 1 is 1.17 bits per heavy atom. The van der Waals surface area contributed by atoms with Crippen LogP contribution in [0.4, 0.5) is 19.1 Å². The fourth-order valence-electron chi connectivity index (χ4n) is 4.47. The van der Waals surface area contributed by atoms with Gasteiger partial charge in [-0.15, -0.1) is 0 Å². The summed E-state index contributed by atoms with van der Waals surface area (Å²) in [6, 6.07) is 3.88. The molecule has 0 bridgehead atoms. The van der Waals surface area contributed by atoms with Crippen molar-refractivity contribution in [3.63, 3.8) is 0 Å². The molecule has 7 nitrogen and oxygen atoms in total. The van der Waals surface area contributed by atoms with Crippen molar-refractivity contribution in [3.8, 4) is 11.5 Å². The van der Waals surface area contributed by atoms with Gasteiger partial charge in [-0.3, -0.25) is 4.90 Å². The van der Waals surface area contributed by atoms with Crippen LogP contribution in [0.3, 0.4) is 0 Å². The molecule has 0 aliphatic carbocycles. The van der Waals surface area contributed by atoms with Crippen LogP contribution in [0.1, 0.15) is 30.9 Å². The molecule has 10 heteroatoms. The van der Waals surface area contributed by atoms with E-state index < -0.39 is 12.2 Å². The van der Waals surface area contributed by atoms with Gasteiger partial charge in [-0.25, -0.2) is 4.68 Å². The number of likely N-dealkylation sites (tertiary alicyclic amines) is 1. The summed E-state index contributed by atoms with van der Waals surface area (Å²) in [5.74, 6) is 1.89. The maximum atomic E-state index is 13.5. The number of rotatable bonds is 5. The van der Waals surface area contributed by atoms with E-state index in [2.05, 4.69) is 20.3 Å². The zero-order valence-electron chi connectivity index (χ0n) is 17.0. The lowest BCUT2D eigenvalue weighted by Crippen LogP contribution is -2.46. The highest BCUT2D eigenvalue weighted by molar-refractivity contribution is 5.40. The van der Waals surface area contributed by atoms with Gasteiger partial charge in [0.2, 0.25) is 5.95 Å². The van der Waals surface area contributed by atoms with Gasteiger partial charge in [-0.1, -0.05) is 6.07 Å². The van der Waals surface area contributed by atoms with E-state index >= 15 is 0 Å². The number of nitrogens with one attached hydrogen (secondary N) is 1. The predicted molar refractivity (Wildman–Crippen MR) is 105 cm³/mol. The van der Waals surface area contributed by atoms with Crippen LogP contribution < -0.4 is 14.8 Å². The minimum Gasteiger partial charge on any atom is -0.497 e. The van der Waals surface area contributed by atoms with E-state index in [0.29, 0.717) is 0 Å². The molecule has 0 radical (unpaired) electrons. The number of nitrogens with zero attached hydrogens (tertiary/aromatic N) is 4. The zero-order valence-corrected chi connectivity index (χ0v) is 17.0. The van der Waals surface area contributed by atoms with Gasteiger partial charge < -0.3 is 14.8 Å². The van der Waals surface area contributed by atoms with Gasteiger partial charge in [-0.05, 0) is 44.3 Å². The Morgan fingerprint density at radius 3 is 2.60 bits per heavy atom. The Morgan fingerprint density at radius 2 is 1.93 bits per heavy atom. The number of piperidine rings is 1. The topological polar surface area (TPSA) is 64.4 Å².